The maximum absolute atomic E-state index is 4.60. The lowest BCUT2D eigenvalue weighted by molar-refractivity contribution is 0.575. The summed E-state index contributed by atoms with van der Waals surface area (Å²) in [5.41, 5.74) is 1.15. The van der Waals surface area contributed by atoms with Crippen LogP contribution in [0.2, 0.25) is 0 Å². The van der Waals surface area contributed by atoms with Crippen LogP contribution in [0.4, 0.5) is 11.5 Å². The predicted molar refractivity (Wildman–Crippen MR) is 77.4 cm³/mol. The number of hydrogen-bond donors (Lipinski definition) is 1. The Bertz CT molecular complexity index is 544. The van der Waals surface area contributed by atoms with Crippen LogP contribution >= 0.6 is 0 Å². The van der Waals surface area contributed by atoms with Crippen molar-refractivity contribution in [3.05, 3.63) is 30.5 Å². The van der Waals surface area contributed by atoms with Gasteiger partial charge < -0.3 is 10.2 Å². The largest absolute Gasteiger partial charge is 0.388 e. The van der Waals surface area contributed by atoms with Gasteiger partial charge in [0.15, 0.2) is 0 Å². The fraction of sp³-hybridized carbons (Fsp3) is 0.400. The minimum absolute atomic E-state index is 1.13. The molecule has 1 fully saturated rings. The van der Waals surface area contributed by atoms with Gasteiger partial charge in [0.2, 0.25) is 0 Å². The number of piperidine rings is 1. The number of nitrogens with zero attached hydrogens (tertiary/aromatic N) is 2. The molecule has 0 unspecified atom stereocenters. The van der Waals surface area contributed by atoms with E-state index in [-0.39, 0.29) is 0 Å². The molecule has 1 aliphatic heterocycles. The lowest BCUT2D eigenvalue weighted by atomic mass is 10.1. The minimum atomic E-state index is 1.13. The summed E-state index contributed by atoms with van der Waals surface area (Å²) in [6.07, 6.45) is 5.84. The van der Waals surface area contributed by atoms with E-state index in [0.29, 0.717) is 0 Å². The first kappa shape index (κ1) is 11.3. The molecule has 18 heavy (non-hydrogen) atoms. The molecule has 0 aliphatic carbocycles. The average molecular weight is 241 g/mol. The number of hydrogen-bond acceptors (Lipinski definition) is 3. The van der Waals surface area contributed by atoms with Gasteiger partial charge in [0, 0.05) is 37.4 Å². The van der Waals surface area contributed by atoms with Gasteiger partial charge in [-0.1, -0.05) is 6.07 Å². The van der Waals surface area contributed by atoms with Gasteiger partial charge in [0.25, 0.3) is 0 Å². The van der Waals surface area contributed by atoms with E-state index in [4.69, 9.17) is 0 Å². The molecule has 1 aromatic carbocycles. The summed E-state index contributed by atoms with van der Waals surface area (Å²) < 4.78 is 0. The molecule has 3 heteroatoms. The second-order valence-electron chi connectivity index (χ2n) is 4.87. The highest BCUT2D eigenvalue weighted by molar-refractivity contribution is 5.94. The van der Waals surface area contributed by atoms with Crippen molar-refractivity contribution >= 4 is 22.3 Å². The van der Waals surface area contributed by atoms with Crippen LogP contribution < -0.4 is 10.2 Å². The Labute approximate surface area is 108 Å². The standard InChI is InChI=1S/C15H19N3/c1-16-13-6-5-12-7-8-17-15(14(12)11-13)18-9-3-2-4-10-18/h5-8,11,16H,2-4,9-10H2,1H3. The van der Waals surface area contributed by atoms with Gasteiger partial charge in [0.05, 0.1) is 0 Å². The van der Waals surface area contributed by atoms with Gasteiger partial charge >= 0.3 is 0 Å². The van der Waals surface area contributed by atoms with Crippen LogP contribution in [-0.2, 0) is 0 Å². The maximum Gasteiger partial charge on any atom is 0.136 e. The van der Waals surface area contributed by atoms with Crippen LogP contribution in [0.15, 0.2) is 30.5 Å². The van der Waals surface area contributed by atoms with Crippen LogP contribution in [-0.4, -0.2) is 25.1 Å². The molecule has 1 N–H and O–H groups in total. The Hall–Kier alpha value is -1.77. The van der Waals surface area contributed by atoms with Crippen molar-refractivity contribution in [3.63, 3.8) is 0 Å². The van der Waals surface area contributed by atoms with Crippen LogP contribution in [0.5, 0.6) is 0 Å². The second-order valence-corrected chi connectivity index (χ2v) is 4.87. The number of fused-ring (bicyclic) bond motifs is 1. The molecule has 3 rings (SSSR count). The van der Waals surface area contributed by atoms with Crippen LogP contribution in [0.25, 0.3) is 10.8 Å². The monoisotopic (exact) mass is 241 g/mol. The van der Waals surface area contributed by atoms with Gasteiger partial charge in [-0.3, -0.25) is 0 Å². The third-order valence-corrected chi connectivity index (χ3v) is 3.69. The summed E-state index contributed by atoms with van der Waals surface area (Å²) in [7, 11) is 1.96. The molecule has 0 radical (unpaired) electrons. The highest BCUT2D eigenvalue weighted by atomic mass is 15.2. The third-order valence-electron chi connectivity index (χ3n) is 3.69. The Morgan fingerprint density at radius 3 is 2.72 bits per heavy atom. The van der Waals surface area contributed by atoms with Crippen LogP contribution in [0.1, 0.15) is 19.3 Å². The normalized spacial score (nSPS) is 15.9. The number of benzene rings is 1. The Kier molecular flexibility index (Phi) is 3.05. The molecule has 0 spiro atoms. The van der Waals surface area contributed by atoms with E-state index in [0.717, 1.165) is 24.6 Å². The smallest absolute Gasteiger partial charge is 0.136 e. The SMILES string of the molecule is CNc1ccc2ccnc(N3CCCCC3)c2c1. The first-order valence-electron chi connectivity index (χ1n) is 6.70. The maximum atomic E-state index is 4.60. The van der Waals surface area contributed by atoms with Gasteiger partial charge in [-0.05, 0) is 42.8 Å². The fourth-order valence-electron chi connectivity index (χ4n) is 2.67. The van der Waals surface area contributed by atoms with Crippen molar-refractivity contribution in [2.24, 2.45) is 0 Å². The number of nitrogens with one attached hydrogen (secondary N) is 1. The van der Waals surface area contributed by atoms with E-state index < -0.39 is 0 Å². The number of pyridine rings is 1. The zero-order chi connectivity index (χ0) is 12.4. The minimum Gasteiger partial charge on any atom is -0.388 e. The Morgan fingerprint density at radius 1 is 1.11 bits per heavy atom. The summed E-state index contributed by atoms with van der Waals surface area (Å²) in [5, 5.41) is 5.73. The van der Waals surface area contributed by atoms with Crippen molar-refractivity contribution in [2.75, 3.05) is 30.4 Å². The van der Waals surface area contributed by atoms with Gasteiger partial charge in [0.1, 0.15) is 5.82 Å². The van der Waals surface area contributed by atoms with E-state index in [1.807, 2.05) is 13.2 Å². The van der Waals surface area contributed by atoms with Crippen LogP contribution in [0, 0.1) is 0 Å². The van der Waals surface area contributed by atoms with E-state index in [1.54, 1.807) is 0 Å². The van der Waals surface area contributed by atoms with Crippen molar-refractivity contribution in [3.8, 4) is 0 Å². The topological polar surface area (TPSA) is 28.2 Å². The van der Waals surface area contributed by atoms with E-state index in [2.05, 4.69) is 39.5 Å². The highest BCUT2D eigenvalue weighted by Crippen LogP contribution is 2.28. The molecule has 1 saturated heterocycles. The van der Waals surface area contributed by atoms with Crippen molar-refractivity contribution < 1.29 is 0 Å². The van der Waals surface area contributed by atoms with E-state index in [1.165, 1.54) is 30.0 Å². The molecular formula is C15H19N3. The lowest BCUT2D eigenvalue weighted by Gasteiger charge is -2.28. The van der Waals surface area contributed by atoms with Crippen molar-refractivity contribution in [1.29, 1.82) is 0 Å². The molecular weight excluding hydrogens is 222 g/mol. The van der Waals surface area contributed by atoms with Gasteiger partial charge in [-0.15, -0.1) is 0 Å². The second kappa shape index (κ2) is 4.84. The Balaban J connectivity index is 2.09. The predicted octanol–water partition coefficient (Wildman–Crippen LogP) is 3.27. The molecule has 3 nitrogen and oxygen atoms in total. The number of aromatic nitrogens is 1. The summed E-state index contributed by atoms with van der Waals surface area (Å²) in [5.74, 6) is 1.14. The average Bonchev–Trinajstić information content (AvgIpc) is 2.47. The molecule has 1 aromatic heterocycles. The molecule has 0 amide bonds. The molecule has 2 heterocycles. The molecule has 0 atom stereocenters. The van der Waals surface area contributed by atoms with Crippen molar-refractivity contribution in [2.45, 2.75) is 19.3 Å². The number of rotatable bonds is 2. The number of anilines is 2. The van der Waals surface area contributed by atoms with Crippen molar-refractivity contribution in [1.82, 2.24) is 4.98 Å². The highest BCUT2D eigenvalue weighted by Gasteiger charge is 2.14. The first-order valence-corrected chi connectivity index (χ1v) is 6.70. The zero-order valence-electron chi connectivity index (χ0n) is 10.8. The first-order chi connectivity index (χ1) is 8.88. The molecule has 2 aromatic rings. The summed E-state index contributed by atoms with van der Waals surface area (Å²) >= 11 is 0. The quantitative estimate of drug-likeness (QED) is 0.874. The van der Waals surface area contributed by atoms with E-state index in [9.17, 15) is 0 Å². The van der Waals surface area contributed by atoms with E-state index >= 15 is 0 Å². The summed E-state index contributed by atoms with van der Waals surface area (Å²) in [6.45, 7) is 2.27. The zero-order valence-corrected chi connectivity index (χ0v) is 10.8. The molecule has 94 valence electrons. The van der Waals surface area contributed by atoms with Crippen LogP contribution in [0.3, 0.4) is 0 Å². The summed E-state index contributed by atoms with van der Waals surface area (Å²) in [6, 6.07) is 8.56. The molecule has 1 aliphatic rings. The van der Waals surface area contributed by atoms with Gasteiger partial charge in [-0.2, -0.15) is 0 Å². The summed E-state index contributed by atoms with van der Waals surface area (Å²) in [4.78, 5) is 7.03. The third kappa shape index (κ3) is 2.01. The van der Waals surface area contributed by atoms with Gasteiger partial charge in [-0.25, -0.2) is 4.98 Å². The molecule has 0 saturated carbocycles. The lowest BCUT2D eigenvalue weighted by Crippen LogP contribution is -2.30. The molecule has 0 bridgehead atoms. The fourth-order valence-corrected chi connectivity index (χ4v) is 2.67. The Morgan fingerprint density at radius 2 is 1.94 bits per heavy atom.